The summed E-state index contributed by atoms with van der Waals surface area (Å²) in [7, 11) is 0. The van der Waals surface area contributed by atoms with Gasteiger partial charge in [0.25, 0.3) is 0 Å². The summed E-state index contributed by atoms with van der Waals surface area (Å²) in [6, 6.07) is 11.8. The van der Waals surface area contributed by atoms with Gasteiger partial charge in [0.05, 0.1) is 5.56 Å². The fourth-order valence-corrected chi connectivity index (χ4v) is 2.53. The molecule has 6 heteroatoms. The Bertz CT molecular complexity index is 806. The smallest absolute Gasteiger partial charge is 0.319 e. The van der Waals surface area contributed by atoms with Crippen LogP contribution in [0.1, 0.15) is 42.5 Å². The molecule has 1 aromatic carbocycles. The number of carbonyl (C=O) groups is 1. The lowest BCUT2D eigenvalue weighted by Gasteiger charge is -2.17. The first-order valence-electron chi connectivity index (χ1n) is 8.36. The minimum atomic E-state index is -0.163. The van der Waals surface area contributed by atoms with Crippen molar-refractivity contribution >= 4 is 17.5 Å². The Hall–Kier alpha value is -3.07. The summed E-state index contributed by atoms with van der Waals surface area (Å²) in [5.74, 6) is 0.584. The molecule has 6 nitrogen and oxygen atoms in total. The van der Waals surface area contributed by atoms with E-state index in [1.807, 2.05) is 44.2 Å². The van der Waals surface area contributed by atoms with Crippen molar-refractivity contribution in [1.29, 1.82) is 5.26 Å². The number of aryl methyl sites for hydroxylation is 1. The number of hydrogen-bond acceptors (Lipinski definition) is 4. The second-order valence-corrected chi connectivity index (χ2v) is 6.32. The number of urea groups is 1. The first-order valence-corrected chi connectivity index (χ1v) is 8.36. The van der Waals surface area contributed by atoms with Crippen LogP contribution in [0.15, 0.2) is 36.5 Å². The quantitative estimate of drug-likeness (QED) is 0.777. The van der Waals surface area contributed by atoms with Crippen molar-refractivity contribution < 1.29 is 4.79 Å². The van der Waals surface area contributed by atoms with Crippen molar-refractivity contribution in [3.8, 4) is 6.07 Å². The third-order valence-corrected chi connectivity index (χ3v) is 4.21. The molecule has 0 aliphatic heterocycles. The van der Waals surface area contributed by atoms with Crippen molar-refractivity contribution in [2.24, 2.45) is 0 Å². The van der Waals surface area contributed by atoms with Crippen LogP contribution in [0.5, 0.6) is 0 Å². The van der Waals surface area contributed by atoms with Gasteiger partial charge in [0.15, 0.2) is 0 Å². The molecule has 0 radical (unpaired) electrons. The Morgan fingerprint density at radius 2 is 2.00 bits per heavy atom. The monoisotopic (exact) mass is 335 g/mol. The van der Waals surface area contributed by atoms with Crippen LogP contribution in [0.3, 0.4) is 0 Å². The first kappa shape index (κ1) is 16.8. The summed E-state index contributed by atoms with van der Waals surface area (Å²) in [6.07, 6.45) is 3.82. The number of aromatic nitrogens is 1. The second-order valence-electron chi connectivity index (χ2n) is 6.32. The number of amides is 2. The second kappa shape index (κ2) is 7.22. The van der Waals surface area contributed by atoms with Crippen molar-refractivity contribution in [2.45, 2.75) is 38.8 Å². The molecule has 128 valence electrons. The lowest BCUT2D eigenvalue weighted by molar-refractivity contribution is 0.251. The Kier molecular flexibility index (Phi) is 4.85. The van der Waals surface area contributed by atoms with Crippen molar-refractivity contribution in [3.05, 3.63) is 53.2 Å². The summed E-state index contributed by atoms with van der Waals surface area (Å²) >= 11 is 0. The Morgan fingerprint density at radius 1 is 1.28 bits per heavy atom. The molecule has 1 aliphatic carbocycles. The van der Waals surface area contributed by atoms with E-state index >= 15 is 0 Å². The van der Waals surface area contributed by atoms with E-state index in [9.17, 15) is 10.1 Å². The summed E-state index contributed by atoms with van der Waals surface area (Å²) < 4.78 is 0. The Morgan fingerprint density at radius 3 is 2.64 bits per heavy atom. The molecule has 0 spiro atoms. The highest BCUT2D eigenvalue weighted by atomic mass is 16.2. The van der Waals surface area contributed by atoms with Crippen molar-refractivity contribution in [3.63, 3.8) is 0 Å². The fraction of sp³-hybridized carbons (Fsp3) is 0.316. The maximum atomic E-state index is 11.8. The van der Waals surface area contributed by atoms with Gasteiger partial charge >= 0.3 is 6.03 Å². The van der Waals surface area contributed by atoms with E-state index in [2.05, 4.69) is 27.0 Å². The molecule has 1 atom stereocenters. The molecule has 3 rings (SSSR count). The lowest BCUT2D eigenvalue weighted by Crippen LogP contribution is -2.30. The minimum Gasteiger partial charge on any atom is -0.362 e. The molecule has 1 aromatic heterocycles. The van der Waals surface area contributed by atoms with Crippen LogP contribution < -0.4 is 16.0 Å². The van der Waals surface area contributed by atoms with Gasteiger partial charge in [-0.15, -0.1) is 0 Å². The fourth-order valence-electron chi connectivity index (χ4n) is 2.53. The van der Waals surface area contributed by atoms with Crippen LogP contribution in [0.4, 0.5) is 16.3 Å². The Labute approximate surface area is 147 Å². The summed E-state index contributed by atoms with van der Waals surface area (Å²) in [5, 5.41) is 18.3. The molecule has 0 unspecified atom stereocenters. The van der Waals surface area contributed by atoms with Crippen LogP contribution in [-0.4, -0.2) is 17.1 Å². The van der Waals surface area contributed by atoms with Crippen LogP contribution >= 0.6 is 0 Å². The Balaban J connectivity index is 1.64. The maximum absolute atomic E-state index is 11.8. The normalized spacial score (nSPS) is 14.3. The predicted octanol–water partition coefficient (Wildman–Crippen LogP) is 3.72. The molecule has 2 amide bonds. The van der Waals surface area contributed by atoms with Crippen LogP contribution in [0.2, 0.25) is 0 Å². The summed E-state index contributed by atoms with van der Waals surface area (Å²) in [4.78, 5) is 16.0. The number of carbonyl (C=O) groups excluding carboxylic acids is 1. The maximum Gasteiger partial charge on any atom is 0.319 e. The van der Waals surface area contributed by atoms with Crippen molar-refractivity contribution in [2.75, 3.05) is 10.6 Å². The highest BCUT2D eigenvalue weighted by Gasteiger charge is 2.23. The van der Waals surface area contributed by atoms with E-state index in [1.54, 1.807) is 6.20 Å². The number of nitrogens with one attached hydrogen (secondary N) is 3. The van der Waals surface area contributed by atoms with Crippen molar-refractivity contribution in [1.82, 2.24) is 10.3 Å². The zero-order valence-electron chi connectivity index (χ0n) is 14.3. The average molecular weight is 335 g/mol. The number of hydrogen-bond donors (Lipinski definition) is 3. The predicted molar refractivity (Wildman–Crippen MR) is 97.3 cm³/mol. The van der Waals surface area contributed by atoms with E-state index in [0.29, 0.717) is 17.4 Å². The molecule has 1 aliphatic rings. The molecule has 3 N–H and O–H groups in total. The van der Waals surface area contributed by atoms with E-state index in [-0.39, 0.29) is 12.1 Å². The highest BCUT2D eigenvalue weighted by molar-refractivity contribution is 5.89. The molecule has 25 heavy (non-hydrogen) atoms. The molecule has 1 saturated carbocycles. The van der Waals surface area contributed by atoms with Gasteiger partial charge < -0.3 is 16.0 Å². The molecule has 1 fully saturated rings. The van der Waals surface area contributed by atoms with Gasteiger partial charge in [-0.25, -0.2) is 9.78 Å². The van der Waals surface area contributed by atoms with E-state index in [1.165, 1.54) is 0 Å². The van der Waals surface area contributed by atoms with Crippen LogP contribution in [-0.2, 0) is 0 Å². The van der Waals surface area contributed by atoms with E-state index in [4.69, 9.17) is 0 Å². The van der Waals surface area contributed by atoms with Gasteiger partial charge in [-0.05, 0) is 56.0 Å². The third kappa shape index (κ3) is 4.27. The topological polar surface area (TPSA) is 89.8 Å². The number of nitriles is 1. The van der Waals surface area contributed by atoms with Gasteiger partial charge in [-0.1, -0.05) is 12.1 Å². The standard InChI is InChI=1S/C19H21N5O/c1-12-9-10-21-18(17(12)11-20)22-13(2)14-3-5-15(6-4-14)23-19(25)24-16-7-8-16/h3-6,9-10,13,16H,7-8H2,1-2H3,(H,21,22)(H2,23,24,25)/t13-/m0/s1. The highest BCUT2D eigenvalue weighted by Crippen LogP contribution is 2.23. The molecule has 1 heterocycles. The van der Waals surface area contributed by atoms with Gasteiger partial charge in [-0.3, -0.25) is 0 Å². The number of anilines is 2. The summed E-state index contributed by atoms with van der Waals surface area (Å²) in [5.41, 5.74) is 3.25. The van der Waals surface area contributed by atoms with Gasteiger partial charge in [0, 0.05) is 24.0 Å². The number of pyridine rings is 1. The van der Waals surface area contributed by atoms with Gasteiger partial charge in [0.2, 0.25) is 0 Å². The minimum absolute atomic E-state index is 0.0178. The van der Waals surface area contributed by atoms with E-state index < -0.39 is 0 Å². The third-order valence-electron chi connectivity index (χ3n) is 4.21. The number of benzene rings is 1. The number of nitrogens with zero attached hydrogens (tertiary/aromatic N) is 2. The summed E-state index contributed by atoms with van der Waals surface area (Å²) in [6.45, 7) is 3.90. The van der Waals surface area contributed by atoms with Crippen LogP contribution in [0.25, 0.3) is 0 Å². The zero-order chi connectivity index (χ0) is 17.8. The van der Waals surface area contributed by atoms with E-state index in [0.717, 1.165) is 29.7 Å². The largest absolute Gasteiger partial charge is 0.362 e. The number of rotatable bonds is 5. The van der Waals surface area contributed by atoms with Crippen LogP contribution in [0, 0.1) is 18.3 Å². The molecule has 2 aromatic rings. The lowest BCUT2D eigenvalue weighted by atomic mass is 10.1. The first-order chi connectivity index (χ1) is 12.1. The van der Waals surface area contributed by atoms with Gasteiger partial charge in [-0.2, -0.15) is 5.26 Å². The SMILES string of the molecule is Cc1ccnc(N[C@@H](C)c2ccc(NC(=O)NC3CC3)cc2)c1C#N. The molecular weight excluding hydrogens is 314 g/mol. The average Bonchev–Trinajstić information content (AvgIpc) is 3.39. The van der Waals surface area contributed by atoms with Gasteiger partial charge in [0.1, 0.15) is 11.9 Å². The zero-order valence-corrected chi connectivity index (χ0v) is 14.3. The molecule has 0 saturated heterocycles. The molecule has 0 bridgehead atoms. The molecular formula is C19H21N5O.